The third-order valence-corrected chi connectivity index (χ3v) is 19.7. The minimum Gasteiger partial charge on any atom is -0.455 e. The summed E-state index contributed by atoms with van der Waals surface area (Å²) < 4.78 is 54.2. The number of H-pyrrole nitrogens is 2. The van der Waals surface area contributed by atoms with Gasteiger partial charge in [0.15, 0.2) is 51.8 Å². The number of benzene rings is 13. The van der Waals surface area contributed by atoms with Crippen molar-refractivity contribution in [3.8, 4) is 104 Å². The molecule has 13 aromatic carbocycles. The molecule has 8 aromatic heterocycles. The van der Waals surface area contributed by atoms with Crippen LogP contribution in [0, 0.1) is 23.3 Å². The minimum atomic E-state index is -0.826. The fourth-order valence-corrected chi connectivity index (χ4v) is 13.2. The number of nitro groups is 1. The number of nitrogens with zero attached hydrogens (tertiary/aromatic N) is 15. The van der Waals surface area contributed by atoms with Crippen LogP contribution in [0.1, 0.15) is 42.2 Å². The summed E-state index contributed by atoms with van der Waals surface area (Å²) in [5.41, 5.74) is 28.3. The van der Waals surface area contributed by atoms with Crippen molar-refractivity contribution in [2.45, 2.75) is 33.3 Å². The van der Waals surface area contributed by atoms with Crippen LogP contribution in [0.25, 0.3) is 89.3 Å². The van der Waals surface area contributed by atoms with Crippen LogP contribution in [-0.2, 0) is 18.4 Å². The molecule has 0 spiro atoms. The molecule has 0 aliphatic carbocycles. The maximum atomic E-state index is 10.9. The molecular weight excluding hydrogens is 1970 g/mol. The van der Waals surface area contributed by atoms with Crippen LogP contribution in [-0.4, -0.2) is 99.7 Å². The van der Waals surface area contributed by atoms with Crippen molar-refractivity contribution in [1.29, 1.82) is 0 Å². The van der Waals surface area contributed by atoms with E-state index in [-0.39, 0.29) is 37.9 Å². The second-order valence-electron chi connectivity index (χ2n) is 28.0. The zero-order valence-electron chi connectivity index (χ0n) is 71.3. The Hall–Kier alpha value is -17.5. The van der Waals surface area contributed by atoms with Gasteiger partial charge in [0, 0.05) is 24.0 Å². The van der Waals surface area contributed by atoms with E-state index in [0.29, 0.717) is 112 Å². The van der Waals surface area contributed by atoms with Crippen molar-refractivity contribution >= 4 is 126 Å². The number of carbonyl (C=O) groups excluding carboxylic acids is 1. The standard InChI is InChI=1S/C24H17N7O2.C24H16N4O2.C16H11N3O2.C12H10N2O3.C12H12N2O.C8H6BrN.C4H3NO2.2CH4.2ClH.Sn/c1-2-5-18(6-3-1)33-20-8-4-7-19-21(20)26-23(24-25-13-14-32-24)31(19)15-16-9-11-17(12-10-16)22-27-29-30-28-22;1-25-18-12-10-17(11-13-18)16-28-20-8-5-9-21(30-19-6-3-2-4-7-19)22(20)27-23(28)24-26-14-15-29-24;1-2-5-11(6-3-1)21-13-8-4-7-12-14(13)19-15(18-12)16-17-9-10-20-16;13-10-7-4-8-11(12(10)14(15)16)17-9-5-2-1-3-6-9;13-10-7-4-8-11(12(10)14)15-9-5-2-1-3-6-9;1-10-8-4-2-7(6-9)3-5-8;6-3-4-5-1-2-7-4;;;;;/h1-14H,15H2,(H,27,28,29,30);2-15H,16H2;1-10H,(H,18,19);1-8H,13H2;1-8H,13-14H2;2-5H,6H2;1-3H;2*1H4;2*1H;/q;;;;;;;;;;;+2/p-2. The second kappa shape index (κ2) is 50.9. The number of halogens is 3. The normalized spacial score (nSPS) is 10.2. The van der Waals surface area contributed by atoms with E-state index >= 15 is 0 Å². The first kappa shape index (κ1) is 99.5. The molecule has 138 heavy (non-hydrogen) atoms. The van der Waals surface area contributed by atoms with Gasteiger partial charge in [0.1, 0.15) is 76.0 Å². The molecule has 8 heterocycles. The van der Waals surface area contributed by atoms with Gasteiger partial charge in [0.25, 0.3) is 23.6 Å². The number of ether oxygens (including phenoxy) is 5. The Labute approximate surface area is 816 Å². The van der Waals surface area contributed by atoms with Gasteiger partial charge in [-0.25, -0.2) is 44.6 Å². The van der Waals surface area contributed by atoms with Crippen LogP contribution in [0.3, 0.4) is 0 Å². The Morgan fingerprint density at radius 3 is 1.23 bits per heavy atom. The smallest absolute Gasteiger partial charge is 0.263 e. The number of anilines is 3. The fourth-order valence-electron chi connectivity index (χ4n) is 12.8. The molecule has 0 amide bonds. The molecule has 0 fully saturated rings. The van der Waals surface area contributed by atoms with Crippen molar-refractivity contribution in [1.82, 2.24) is 69.6 Å². The Morgan fingerprint density at radius 1 is 0.449 bits per heavy atom. The molecule has 36 heteroatoms. The molecule has 688 valence electrons. The number of aromatic amines is 2. The molecule has 2 radical (unpaired) electrons. The summed E-state index contributed by atoms with van der Waals surface area (Å²) in [5, 5.41) is 25.9. The average molecular weight is 2050 g/mol. The van der Waals surface area contributed by atoms with E-state index in [0.717, 1.165) is 78.1 Å². The average Bonchev–Trinajstić information content (AvgIpc) is 1.61. The predicted molar refractivity (Wildman–Crippen MR) is 536 cm³/mol. The monoisotopic (exact) mass is 2050 g/mol. The number of oxazole rings is 4. The summed E-state index contributed by atoms with van der Waals surface area (Å²) in [7, 11) is 9.87. The zero-order chi connectivity index (χ0) is 94.6. The van der Waals surface area contributed by atoms with Gasteiger partial charge in [0.2, 0.25) is 17.9 Å². The first-order valence-electron chi connectivity index (χ1n) is 40.8. The van der Waals surface area contributed by atoms with Crippen molar-refractivity contribution in [2.24, 2.45) is 0 Å². The van der Waals surface area contributed by atoms with Gasteiger partial charge >= 0.3 is 42.4 Å². The van der Waals surface area contributed by atoms with Crippen molar-refractivity contribution in [3.63, 3.8) is 0 Å². The minimum absolute atomic E-state index is 0. The number of carbonyl (C=O) groups is 1. The number of nitrogens with two attached hydrogens (primary N) is 3. The third kappa shape index (κ3) is 27.1. The van der Waals surface area contributed by atoms with Crippen LogP contribution >= 0.6 is 33.8 Å². The molecule has 21 rings (SSSR count). The number of hydrogen-bond acceptors (Lipinski definition) is 25. The molecule has 0 bridgehead atoms. The summed E-state index contributed by atoms with van der Waals surface area (Å²) in [5.74, 6) is 10.1. The Morgan fingerprint density at radius 2 is 0.833 bits per heavy atom. The van der Waals surface area contributed by atoms with Crippen LogP contribution in [0.15, 0.2) is 383 Å². The Bertz CT molecular complexity index is 7410. The molecule has 0 unspecified atom stereocenters. The fraction of sp³-hybridized carbons (Fsp3) is 0.0490. The van der Waals surface area contributed by atoms with E-state index in [1.165, 1.54) is 42.7 Å². The van der Waals surface area contributed by atoms with Gasteiger partial charge < -0.3 is 72.7 Å². The number of para-hydroxylation sites is 10. The van der Waals surface area contributed by atoms with E-state index in [2.05, 4.69) is 85.1 Å². The SMILES string of the molecule is C.C.Nc1cccc(Oc2ccccc2)c1N.Nc1cccc(Oc2ccccc2)c1[N+](=O)[O-].O=Cc1ncco1.[C-]#[N+]c1ccc(CBr)cc1.[C-]#[N+]c1ccc(Cn2c(-c3ncco3)nc3c(Oc4ccccc4)cccc32)cc1.[Cl][Sn][Cl].c1ccc(Oc2cccc3[nH]c(-c4ncco4)nc23)cc1.c1ccc(Oc2cccc3c2nc(-c2ncco2)n3Cc2ccc(-c3nn[nH]n3)cc2)cc1. The van der Waals surface area contributed by atoms with Gasteiger partial charge in [0.05, 0.1) is 70.8 Å². The quantitative estimate of drug-likeness (QED) is 0.00848. The molecule has 21 aromatic rings. The number of nitro benzene ring substituents is 1. The topological polar surface area (TPSA) is 416 Å². The van der Waals surface area contributed by atoms with Gasteiger partial charge in [-0.2, -0.15) is 5.21 Å². The van der Waals surface area contributed by atoms with Crippen LogP contribution < -0.4 is 40.9 Å². The molecule has 32 nitrogen and oxygen atoms in total. The number of hydrogen-bond donors (Lipinski definition) is 5. The van der Waals surface area contributed by atoms with Crippen LogP contribution in [0.4, 0.5) is 34.1 Å². The van der Waals surface area contributed by atoms with E-state index in [1.54, 1.807) is 67.3 Å². The first-order valence-corrected chi connectivity index (χ1v) is 49.2. The number of rotatable bonds is 21. The molecule has 0 aliphatic heterocycles. The first-order chi connectivity index (χ1) is 66.7. The van der Waals surface area contributed by atoms with Crippen molar-refractivity contribution in [2.75, 3.05) is 17.2 Å². The molecule has 0 aliphatic rings. The number of nitrogen functional groups attached to an aromatic ring is 3. The van der Waals surface area contributed by atoms with Gasteiger partial charge in [-0.15, -0.1) is 10.2 Å². The number of fused-ring (bicyclic) bond motifs is 3. The van der Waals surface area contributed by atoms with E-state index in [1.807, 2.05) is 265 Å². The molecule has 0 saturated carbocycles. The summed E-state index contributed by atoms with van der Waals surface area (Å²) in [6.07, 6.45) is 12.7. The van der Waals surface area contributed by atoms with E-state index in [4.69, 9.17) is 95.1 Å². The van der Waals surface area contributed by atoms with Crippen molar-refractivity contribution in [3.05, 3.63) is 421 Å². The Balaban J connectivity index is 0.000000150. The molecular formula is C102H83BrCl2N20O12Sn. The van der Waals surface area contributed by atoms with Gasteiger partial charge in [-0.3, -0.25) is 14.9 Å². The predicted octanol–water partition coefficient (Wildman–Crippen LogP) is 26.3. The van der Waals surface area contributed by atoms with E-state index in [9.17, 15) is 14.9 Å². The third-order valence-electron chi connectivity index (χ3n) is 19.1. The number of aldehydes is 1. The summed E-state index contributed by atoms with van der Waals surface area (Å²) in [6, 6.07) is 97.6. The molecule has 0 atom stereocenters. The summed E-state index contributed by atoms with van der Waals surface area (Å²) in [6.45, 7) is 14.9. The maximum absolute atomic E-state index is 10.9. The number of aromatic nitrogens is 14. The zero-order valence-corrected chi connectivity index (χ0v) is 77.3. The van der Waals surface area contributed by atoms with Crippen molar-refractivity contribution < 1.29 is 51.1 Å². The summed E-state index contributed by atoms with van der Waals surface area (Å²) in [4.78, 5) is 60.4. The largest absolute Gasteiger partial charge is 0.455 e. The molecule has 0 saturated heterocycles. The number of alkyl halides is 1. The maximum Gasteiger partial charge on any atom is 0.263 e. The second-order valence-corrected chi connectivity index (χ2v) is 32.8. The van der Waals surface area contributed by atoms with Gasteiger partial charge in [-0.05, 0) is 143 Å². The van der Waals surface area contributed by atoms with Crippen LogP contribution in [0.2, 0.25) is 0 Å². The summed E-state index contributed by atoms with van der Waals surface area (Å²) >= 11 is 2.50. The Kier molecular flexibility index (Phi) is 36.7. The number of nitrogens with one attached hydrogen (secondary N) is 2. The number of tetrazole rings is 1. The van der Waals surface area contributed by atoms with Crippen LogP contribution in [0.5, 0.6) is 57.5 Å². The van der Waals surface area contributed by atoms with E-state index < -0.39 is 23.8 Å². The number of imidazole rings is 3. The molecule has 8 N–H and O–H groups in total. The van der Waals surface area contributed by atoms with Gasteiger partial charge in [-0.1, -0.05) is 225 Å².